The Kier molecular flexibility index (Phi) is 16.9. The standard InChI is InChI=1S/C18H36O2S2/c1-4-5-6-7-8-9-10-11-12-13-14-18(20)17(3)22-21-16(2)15-19/h16-18H,4-15H2,1-3H3. The zero-order valence-corrected chi connectivity index (χ0v) is 16.5. The van der Waals surface area contributed by atoms with Crippen LogP contribution in [0, 0.1) is 0 Å². The van der Waals surface area contributed by atoms with E-state index in [1.165, 1.54) is 57.8 Å². The van der Waals surface area contributed by atoms with Crippen LogP contribution in [0.15, 0.2) is 0 Å². The van der Waals surface area contributed by atoms with Crippen molar-refractivity contribution >= 4 is 21.6 Å². The van der Waals surface area contributed by atoms with E-state index in [0.29, 0.717) is 0 Å². The molecule has 0 aliphatic heterocycles. The van der Waals surface area contributed by atoms with Gasteiger partial charge in [0.15, 0.2) is 0 Å². The van der Waals surface area contributed by atoms with Gasteiger partial charge >= 0.3 is 0 Å². The van der Waals surface area contributed by atoms with E-state index in [4.69, 9.17) is 0 Å². The first kappa shape index (κ1) is 22.6. The van der Waals surface area contributed by atoms with Crippen molar-refractivity contribution in [1.29, 1.82) is 0 Å². The molecule has 0 saturated carbocycles. The molecule has 2 nitrogen and oxygen atoms in total. The van der Waals surface area contributed by atoms with E-state index in [2.05, 4.69) is 6.92 Å². The maximum absolute atomic E-state index is 12.1. The third-order valence-electron chi connectivity index (χ3n) is 3.97. The molecule has 0 N–H and O–H groups in total. The zero-order valence-electron chi connectivity index (χ0n) is 14.9. The molecule has 3 atom stereocenters. The summed E-state index contributed by atoms with van der Waals surface area (Å²) in [5.74, 6) is 0. The molecule has 0 aromatic heterocycles. The van der Waals surface area contributed by atoms with Crippen molar-refractivity contribution in [2.75, 3.05) is 6.61 Å². The number of rotatable bonds is 16. The second kappa shape index (κ2) is 16.5. The van der Waals surface area contributed by atoms with Crippen LogP contribution in [-0.4, -0.2) is 23.2 Å². The van der Waals surface area contributed by atoms with Crippen molar-refractivity contribution in [1.82, 2.24) is 0 Å². The molecule has 2 radical (unpaired) electrons. The van der Waals surface area contributed by atoms with Crippen LogP contribution in [0.2, 0.25) is 0 Å². The summed E-state index contributed by atoms with van der Waals surface area (Å²) in [7, 11) is 3.18. The average molecular weight is 349 g/mol. The Bertz CT molecular complexity index is 227. The van der Waals surface area contributed by atoms with E-state index in [1.807, 2.05) is 13.8 Å². The second-order valence-corrected chi connectivity index (χ2v) is 9.47. The molecule has 0 saturated heterocycles. The van der Waals surface area contributed by atoms with Crippen LogP contribution in [0.3, 0.4) is 0 Å². The third-order valence-corrected chi connectivity index (χ3v) is 7.38. The van der Waals surface area contributed by atoms with E-state index >= 15 is 0 Å². The minimum atomic E-state index is -0.481. The predicted molar refractivity (Wildman–Crippen MR) is 101 cm³/mol. The molecule has 0 aliphatic carbocycles. The van der Waals surface area contributed by atoms with Gasteiger partial charge in [0.1, 0.15) is 6.10 Å². The molecule has 0 spiro atoms. The van der Waals surface area contributed by atoms with E-state index in [1.54, 1.807) is 21.6 Å². The molecular formula is C18H36O2S2. The summed E-state index contributed by atoms with van der Waals surface area (Å²) in [6.07, 6.45) is 13.4. The van der Waals surface area contributed by atoms with Gasteiger partial charge in [0.25, 0.3) is 0 Å². The fraction of sp³-hybridized carbons (Fsp3) is 1.00. The van der Waals surface area contributed by atoms with Crippen LogP contribution in [0.5, 0.6) is 0 Å². The molecular weight excluding hydrogens is 312 g/mol. The third kappa shape index (κ3) is 14.2. The first-order chi connectivity index (χ1) is 10.6. The molecule has 0 fully saturated rings. The van der Waals surface area contributed by atoms with Gasteiger partial charge in [-0.05, 0) is 13.3 Å². The summed E-state index contributed by atoms with van der Waals surface area (Å²) in [5.41, 5.74) is 0. The first-order valence-electron chi connectivity index (χ1n) is 9.17. The Balaban J connectivity index is 3.35. The van der Waals surface area contributed by atoms with Crippen LogP contribution >= 0.6 is 21.6 Å². The summed E-state index contributed by atoms with van der Waals surface area (Å²) >= 11 is 0. The number of unbranched alkanes of at least 4 members (excludes halogenated alkanes) is 9. The first-order valence-corrected chi connectivity index (χ1v) is 11.5. The lowest BCUT2D eigenvalue weighted by molar-refractivity contribution is 0.0805. The Morgan fingerprint density at radius 1 is 0.773 bits per heavy atom. The Morgan fingerprint density at radius 2 is 1.27 bits per heavy atom. The van der Waals surface area contributed by atoms with Crippen LogP contribution in [0.1, 0.15) is 91.4 Å². The van der Waals surface area contributed by atoms with Gasteiger partial charge in [-0.2, -0.15) is 0 Å². The highest BCUT2D eigenvalue weighted by Crippen LogP contribution is 2.33. The lowest BCUT2D eigenvalue weighted by Crippen LogP contribution is -2.18. The smallest absolute Gasteiger partial charge is 0.105 e. The van der Waals surface area contributed by atoms with Gasteiger partial charge in [0.2, 0.25) is 0 Å². The minimum absolute atomic E-state index is 0.0631. The lowest BCUT2D eigenvalue weighted by atomic mass is 10.0. The second-order valence-electron chi connectivity index (χ2n) is 6.38. The van der Waals surface area contributed by atoms with E-state index in [0.717, 1.165) is 12.8 Å². The average Bonchev–Trinajstić information content (AvgIpc) is 2.53. The molecule has 0 rings (SSSR count). The fourth-order valence-corrected chi connectivity index (χ4v) is 4.65. The summed E-state index contributed by atoms with van der Waals surface area (Å²) in [6, 6.07) is 0. The highest BCUT2D eigenvalue weighted by atomic mass is 33.1. The Labute approximate surface area is 146 Å². The number of hydrogen-bond acceptors (Lipinski definition) is 2. The molecule has 0 amide bonds. The van der Waals surface area contributed by atoms with Gasteiger partial charge < -0.3 is 0 Å². The normalized spacial score (nSPS) is 15.7. The SMILES string of the molecule is CCCCCCCCCCCCC([O])C(C)SSC(C)C[O]. The molecule has 0 aliphatic rings. The zero-order chi connectivity index (χ0) is 16.6. The maximum atomic E-state index is 12.1. The van der Waals surface area contributed by atoms with Crippen molar-refractivity contribution in [3.05, 3.63) is 0 Å². The largest absolute Gasteiger partial charge is 0.236 e. The molecule has 132 valence electrons. The molecule has 0 bridgehead atoms. The topological polar surface area (TPSA) is 39.8 Å². The monoisotopic (exact) mass is 348 g/mol. The Hall–Kier alpha value is 0.620. The van der Waals surface area contributed by atoms with Gasteiger partial charge in [0, 0.05) is 10.5 Å². The van der Waals surface area contributed by atoms with Crippen molar-refractivity contribution in [3.8, 4) is 0 Å². The number of hydrogen-bond donors (Lipinski definition) is 0. The van der Waals surface area contributed by atoms with Gasteiger partial charge in [-0.1, -0.05) is 99.6 Å². The van der Waals surface area contributed by atoms with Crippen LogP contribution in [0.25, 0.3) is 0 Å². The van der Waals surface area contributed by atoms with E-state index in [-0.39, 0.29) is 17.1 Å². The van der Waals surface area contributed by atoms with Crippen LogP contribution in [0.4, 0.5) is 0 Å². The van der Waals surface area contributed by atoms with Gasteiger partial charge in [-0.15, -0.1) is 0 Å². The Morgan fingerprint density at radius 3 is 1.77 bits per heavy atom. The summed E-state index contributed by atoms with van der Waals surface area (Å²) in [4.78, 5) is 0. The van der Waals surface area contributed by atoms with Crippen molar-refractivity contribution < 1.29 is 10.2 Å². The van der Waals surface area contributed by atoms with Crippen LogP contribution < -0.4 is 0 Å². The van der Waals surface area contributed by atoms with E-state index in [9.17, 15) is 10.2 Å². The van der Waals surface area contributed by atoms with Crippen molar-refractivity contribution in [3.63, 3.8) is 0 Å². The molecule has 22 heavy (non-hydrogen) atoms. The highest BCUT2D eigenvalue weighted by Gasteiger charge is 2.17. The van der Waals surface area contributed by atoms with Gasteiger partial charge in [-0.25, -0.2) is 10.2 Å². The quantitative estimate of drug-likeness (QED) is 0.230. The lowest BCUT2D eigenvalue weighted by Gasteiger charge is -2.17. The molecule has 4 heteroatoms. The van der Waals surface area contributed by atoms with Crippen molar-refractivity contribution in [2.24, 2.45) is 0 Å². The summed E-state index contributed by atoms with van der Waals surface area (Å²) < 4.78 is 0. The van der Waals surface area contributed by atoms with Crippen LogP contribution in [-0.2, 0) is 10.2 Å². The summed E-state index contributed by atoms with van der Waals surface area (Å²) in [6.45, 7) is 6.13. The molecule has 0 aromatic rings. The van der Waals surface area contributed by atoms with Gasteiger partial charge in [-0.3, -0.25) is 0 Å². The minimum Gasteiger partial charge on any atom is -0.236 e. The fourth-order valence-electron chi connectivity index (χ4n) is 2.34. The molecule has 0 aromatic carbocycles. The van der Waals surface area contributed by atoms with Crippen molar-refractivity contribution in [2.45, 2.75) is 108 Å². The van der Waals surface area contributed by atoms with Gasteiger partial charge in [0.05, 0.1) is 6.61 Å². The predicted octanol–water partition coefficient (Wildman–Crippen LogP) is 6.69. The highest BCUT2D eigenvalue weighted by molar-refractivity contribution is 8.77. The molecule has 3 unspecified atom stereocenters. The summed E-state index contributed by atoms with van der Waals surface area (Å²) in [5, 5.41) is 22.9. The maximum Gasteiger partial charge on any atom is 0.105 e. The van der Waals surface area contributed by atoms with E-state index < -0.39 is 6.10 Å². The molecule has 0 heterocycles.